The van der Waals surface area contributed by atoms with Gasteiger partial charge in [-0.25, -0.2) is 4.79 Å². The number of H-pyrrole nitrogens is 1. The summed E-state index contributed by atoms with van der Waals surface area (Å²) < 4.78 is 7.41. The zero-order valence-corrected chi connectivity index (χ0v) is 15.3. The highest BCUT2D eigenvalue weighted by atomic mass is 16.5. The first-order valence-corrected chi connectivity index (χ1v) is 8.91. The molecule has 1 N–H and O–H groups in total. The fourth-order valence-electron chi connectivity index (χ4n) is 3.14. The van der Waals surface area contributed by atoms with Crippen LogP contribution in [0.5, 0.6) is 0 Å². The summed E-state index contributed by atoms with van der Waals surface area (Å²) in [4.78, 5) is 26.7. The fraction of sp³-hybridized carbons (Fsp3) is 0.684. The lowest BCUT2D eigenvalue weighted by molar-refractivity contribution is -0.00764. The van der Waals surface area contributed by atoms with E-state index in [-0.39, 0.29) is 24.2 Å². The second kappa shape index (κ2) is 7.85. The predicted octanol–water partition coefficient (Wildman–Crippen LogP) is 2.90. The molecule has 24 heavy (non-hydrogen) atoms. The molecule has 1 aliphatic heterocycles. The van der Waals surface area contributed by atoms with E-state index in [2.05, 4.69) is 44.5 Å². The van der Waals surface area contributed by atoms with E-state index in [9.17, 15) is 9.59 Å². The van der Waals surface area contributed by atoms with Crippen molar-refractivity contribution in [3.05, 3.63) is 32.6 Å². The first kappa shape index (κ1) is 18.5. The van der Waals surface area contributed by atoms with Crippen LogP contribution in [-0.2, 0) is 4.74 Å². The van der Waals surface area contributed by atoms with E-state index < -0.39 is 11.2 Å². The summed E-state index contributed by atoms with van der Waals surface area (Å²) in [5.41, 5.74) is -0.543. The van der Waals surface area contributed by atoms with Gasteiger partial charge >= 0.3 is 5.69 Å². The molecular weight excluding hydrogens is 304 g/mol. The Morgan fingerprint density at radius 1 is 1.25 bits per heavy atom. The van der Waals surface area contributed by atoms with Gasteiger partial charge in [0, 0.05) is 18.0 Å². The summed E-state index contributed by atoms with van der Waals surface area (Å²) in [6, 6.07) is 0. The van der Waals surface area contributed by atoms with Crippen LogP contribution in [0.15, 0.2) is 15.8 Å². The summed E-state index contributed by atoms with van der Waals surface area (Å²) in [5, 5.41) is 0. The molecule has 0 saturated carbocycles. The van der Waals surface area contributed by atoms with Gasteiger partial charge in [0.15, 0.2) is 0 Å². The highest BCUT2D eigenvalue weighted by molar-refractivity contribution is 5.30. The third-order valence-corrected chi connectivity index (χ3v) is 5.16. The molecule has 1 aromatic rings. The van der Waals surface area contributed by atoms with Crippen molar-refractivity contribution in [2.45, 2.75) is 66.2 Å². The largest absolute Gasteiger partial charge is 0.354 e. The lowest BCUT2D eigenvalue weighted by Gasteiger charge is -2.18. The van der Waals surface area contributed by atoms with Gasteiger partial charge in [0.2, 0.25) is 0 Å². The summed E-state index contributed by atoms with van der Waals surface area (Å²) in [6.45, 7) is 10.4. The molecule has 132 valence electrons. The maximum Gasteiger partial charge on any atom is 0.330 e. The monoisotopic (exact) mass is 332 g/mol. The highest BCUT2D eigenvalue weighted by Crippen LogP contribution is 2.37. The Hall–Kier alpha value is -1.80. The normalized spacial score (nSPS) is 27.5. The minimum Gasteiger partial charge on any atom is -0.354 e. The molecule has 1 aliphatic rings. The SMILES string of the molecule is CCCC(C#Cc1cn(C2OC(C)C(C)C2C)c(=O)[nH]c1=O)CC. The van der Waals surface area contributed by atoms with Crippen molar-refractivity contribution in [2.24, 2.45) is 17.8 Å². The Kier molecular flexibility index (Phi) is 6.06. The van der Waals surface area contributed by atoms with Crippen LogP contribution in [-0.4, -0.2) is 15.7 Å². The Bertz CT molecular complexity index is 737. The van der Waals surface area contributed by atoms with Crippen molar-refractivity contribution in [1.29, 1.82) is 0 Å². The first-order valence-electron chi connectivity index (χ1n) is 8.91. The molecule has 1 fully saturated rings. The number of ether oxygens (including phenoxy) is 1. The number of rotatable bonds is 4. The van der Waals surface area contributed by atoms with Gasteiger partial charge in [-0.15, -0.1) is 0 Å². The van der Waals surface area contributed by atoms with Gasteiger partial charge in [0.1, 0.15) is 11.8 Å². The number of nitrogens with one attached hydrogen (secondary N) is 1. The standard InChI is InChI=1S/C19H28N2O3/c1-6-8-15(7-2)9-10-16-11-21(19(23)20-17(16)22)18-13(4)12(3)14(5)24-18/h11-15,18H,6-8H2,1-5H3,(H,20,22,23). The van der Waals surface area contributed by atoms with Crippen LogP contribution in [0.2, 0.25) is 0 Å². The zero-order valence-electron chi connectivity index (χ0n) is 15.3. The smallest absolute Gasteiger partial charge is 0.330 e. The highest BCUT2D eigenvalue weighted by Gasteiger charge is 2.38. The van der Waals surface area contributed by atoms with E-state index >= 15 is 0 Å². The molecular formula is C19H28N2O3. The van der Waals surface area contributed by atoms with Gasteiger partial charge in [-0.2, -0.15) is 0 Å². The fourth-order valence-corrected chi connectivity index (χ4v) is 3.14. The Morgan fingerprint density at radius 3 is 2.50 bits per heavy atom. The molecule has 5 unspecified atom stereocenters. The van der Waals surface area contributed by atoms with Crippen LogP contribution in [0.1, 0.15) is 65.7 Å². The molecule has 1 aromatic heterocycles. The summed E-state index contributed by atoms with van der Waals surface area (Å²) in [6.07, 6.45) is 4.30. The van der Waals surface area contributed by atoms with Gasteiger partial charge in [-0.05, 0) is 25.7 Å². The quantitative estimate of drug-likeness (QED) is 0.862. The van der Waals surface area contributed by atoms with E-state index in [1.54, 1.807) is 6.20 Å². The Balaban J connectivity index is 2.38. The number of hydrogen-bond donors (Lipinski definition) is 1. The van der Waals surface area contributed by atoms with Crippen LogP contribution in [0.3, 0.4) is 0 Å². The molecule has 5 atom stereocenters. The summed E-state index contributed by atoms with van der Waals surface area (Å²) in [7, 11) is 0. The number of aromatic amines is 1. The number of nitrogens with zero attached hydrogens (tertiary/aromatic N) is 1. The third kappa shape index (κ3) is 3.81. The van der Waals surface area contributed by atoms with E-state index in [0.717, 1.165) is 19.3 Å². The Morgan fingerprint density at radius 2 is 1.96 bits per heavy atom. The average Bonchev–Trinajstić information content (AvgIpc) is 2.80. The van der Waals surface area contributed by atoms with Gasteiger partial charge in [0.05, 0.1) is 6.10 Å². The van der Waals surface area contributed by atoms with Gasteiger partial charge in [-0.1, -0.05) is 46.0 Å². The second-order valence-electron chi connectivity index (χ2n) is 6.82. The maximum absolute atomic E-state index is 12.2. The van der Waals surface area contributed by atoms with Crippen molar-refractivity contribution in [2.75, 3.05) is 0 Å². The first-order chi connectivity index (χ1) is 11.4. The summed E-state index contributed by atoms with van der Waals surface area (Å²) >= 11 is 0. The zero-order chi connectivity index (χ0) is 17.9. The molecule has 0 radical (unpaired) electrons. The van der Waals surface area contributed by atoms with Crippen LogP contribution in [0, 0.1) is 29.6 Å². The van der Waals surface area contributed by atoms with Crippen molar-refractivity contribution < 1.29 is 4.74 Å². The second-order valence-corrected chi connectivity index (χ2v) is 6.82. The molecule has 5 heteroatoms. The number of hydrogen-bond acceptors (Lipinski definition) is 3. The van der Waals surface area contributed by atoms with E-state index in [4.69, 9.17) is 4.74 Å². The van der Waals surface area contributed by atoms with Crippen molar-refractivity contribution in [3.63, 3.8) is 0 Å². The Labute approximate surface area is 143 Å². The van der Waals surface area contributed by atoms with Crippen LogP contribution in [0.25, 0.3) is 0 Å². The molecule has 0 bridgehead atoms. The molecule has 1 saturated heterocycles. The van der Waals surface area contributed by atoms with Gasteiger partial charge < -0.3 is 4.74 Å². The summed E-state index contributed by atoms with van der Waals surface area (Å²) in [5.74, 6) is 6.94. The molecule has 0 amide bonds. The van der Waals surface area contributed by atoms with Gasteiger partial charge in [-0.3, -0.25) is 14.3 Å². The van der Waals surface area contributed by atoms with Crippen LogP contribution in [0.4, 0.5) is 0 Å². The maximum atomic E-state index is 12.2. The lowest BCUT2D eigenvalue weighted by Crippen LogP contribution is -2.35. The van der Waals surface area contributed by atoms with Crippen molar-refractivity contribution >= 4 is 0 Å². The van der Waals surface area contributed by atoms with Crippen molar-refractivity contribution in [3.8, 4) is 11.8 Å². The molecule has 0 aliphatic carbocycles. The molecule has 2 rings (SSSR count). The van der Waals surface area contributed by atoms with Crippen LogP contribution < -0.4 is 11.2 Å². The third-order valence-electron chi connectivity index (χ3n) is 5.16. The average molecular weight is 332 g/mol. The minimum atomic E-state index is -0.440. The predicted molar refractivity (Wildman–Crippen MR) is 94.8 cm³/mol. The van der Waals surface area contributed by atoms with E-state index in [0.29, 0.717) is 11.5 Å². The van der Waals surface area contributed by atoms with E-state index in [1.165, 1.54) is 4.57 Å². The molecule has 0 spiro atoms. The van der Waals surface area contributed by atoms with Crippen LogP contribution >= 0.6 is 0 Å². The lowest BCUT2D eigenvalue weighted by atomic mass is 9.93. The van der Waals surface area contributed by atoms with Crippen molar-refractivity contribution in [1.82, 2.24) is 9.55 Å². The molecule has 2 heterocycles. The van der Waals surface area contributed by atoms with Gasteiger partial charge in [0.25, 0.3) is 5.56 Å². The molecule has 5 nitrogen and oxygen atoms in total. The number of aromatic nitrogens is 2. The minimum absolute atomic E-state index is 0.0763. The topological polar surface area (TPSA) is 64.1 Å². The van der Waals surface area contributed by atoms with E-state index in [1.807, 2.05) is 6.92 Å². The molecule has 0 aromatic carbocycles.